The lowest BCUT2D eigenvalue weighted by Crippen LogP contribution is -2.17. The number of benzene rings is 2. The maximum atomic E-state index is 12.2. The van der Waals surface area contributed by atoms with Crippen LogP contribution in [0.3, 0.4) is 0 Å². The SMILES string of the molecule is C=CCOc1cccc(/C=C2\Sc3ccccc3NC2=O)c1. The summed E-state index contributed by atoms with van der Waals surface area (Å²) >= 11 is 1.48. The maximum absolute atomic E-state index is 12.2. The first kappa shape index (κ1) is 14.5. The number of hydrogen-bond acceptors (Lipinski definition) is 3. The molecule has 0 saturated heterocycles. The minimum atomic E-state index is -0.0823. The van der Waals surface area contributed by atoms with Gasteiger partial charge in [-0.3, -0.25) is 4.79 Å². The molecule has 1 aliphatic heterocycles. The van der Waals surface area contributed by atoms with Crippen LogP contribution in [-0.2, 0) is 4.79 Å². The van der Waals surface area contributed by atoms with Crippen molar-refractivity contribution in [2.45, 2.75) is 4.90 Å². The van der Waals surface area contributed by atoms with Crippen LogP contribution in [0, 0.1) is 0 Å². The summed E-state index contributed by atoms with van der Waals surface area (Å²) in [7, 11) is 0. The highest BCUT2D eigenvalue weighted by molar-refractivity contribution is 8.04. The number of nitrogens with one attached hydrogen (secondary N) is 1. The lowest BCUT2D eigenvalue weighted by Gasteiger charge is -2.18. The molecule has 1 amide bonds. The number of amides is 1. The molecule has 0 unspecified atom stereocenters. The normalized spacial score (nSPS) is 15.1. The molecule has 1 aliphatic rings. The average molecular weight is 309 g/mol. The van der Waals surface area contributed by atoms with E-state index in [1.54, 1.807) is 6.08 Å². The molecule has 110 valence electrons. The van der Waals surface area contributed by atoms with Crippen LogP contribution in [0.5, 0.6) is 5.75 Å². The Labute approximate surface area is 133 Å². The lowest BCUT2D eigenvalue weighted by molar-refractivity contribution is -0.112. The van der Waals surface area contributed by atoms with Gasteiger partial charge in [0, 0.05) is 4.90 Å². The Hall–Kier alpha value is -2.46. The van der Waals surface area contributed by atoms with Gasteiger partial charge in [0.15, 0.2) is 0 Å². The van der Waals surface area contributed by atoms with E-state index in [1.807, 2.05) is 54.6 Å². The molecule has 0 atom stereocenters. The summed E-state index contributed by atoms with van der Waals surface area (Å²) in [5, 5.41) is 2.91. The monoisotopic (exact) mass is 309 g/mol. The van der Waals surface area contributed by atoms with E-state index in [9.17, 15) is 4.79 Å². The molecule has 0 bridgehead atoms. The van der Waals surface area contributed by atoms with Gasteiger partial charge < -0.3 is 10.1 Å². The van der Waals surface area contributed by atoms with E-state index in [1.165, 1.54) is 11.8 Å². The van der Waals surface area contributed by atoms with Crippen molar-refractivity contribution in [1.29, 1.82) is 0 Å². The molecule has 3 nitrogen and oxygen atoms in total. The largest absolute Gasteiger partial charge is 0.490 e. The van der Waals surface area contributed by atoms with Gasteiger partial charge in [-0.15, -0.1) is 0 Å². The van der Waals surface area contributed by atoms with Gasteiger partial charge in [0.1, 0.15) is 12.4 Å². The molecule has 3 rings (SSSR count). The van der Waals surface area contributed by atoms with Gasteiger partial charge in [0.25, 0.3) is 5.91 Å². The van der Waals surface area contributed by atoms with E-state index in [0.29, 0.717) is 11.5 Å². The number of hydrogen-bond donors (Lipinski definition) is 1. The Morgan fingerprint density at radius 3 is 2.91 bits per heavy atom. The summed E-state index contributed by atoms with van der Waals surface area (Å²) in [5.41, 5.74) is 1.79. The van der Waals surface area contributed by atoms with E-state index in [4.69, 9.17) is 4.74 Å². The molecule has 0 aromatic heterocycles. The zero-order valence-corrected chi connectivity index (χ0v) is 12.7. The number of para-hydroxylation sites is 1. The fourth-order valence-electron chi connectivity index (χ4n) is 2.10. The molecule has 0 spiro atoms. The highest BCUT2D eigenvalue weighted by atomic mass is 32.2. The predicted octanol–water partition coefficient (Wildman–Crippen LogP) is 4.34. The number of carbonyl (C=O) groups is 1. The van der Waals surface area contributed by atoms with Crippen LogP contribution in [0.2, 0.25) is 0 Å². The summed E-state index contributed by atoms with van der Waals surface area (Å²) in [6.07, 6.45) is 3.57. The van der Waals surface area contributed by atoms with Crippen molar-refractivity contribution >= 4 is 29.4 Å². The number of anilines is 1. The van der Waals surface area contributed by atoms with Crippen molar-refractivity contribution in [2.24, 2.45) is 0 Å². The average Bonchev–Trinajstić information content (AvgIpc) is 2.54. The molecule has 0 saturated carbocycles. The summed E-state index contributed by atoms with van der Waals surface area (Å²) in [6.45, 7) is 4.09. The second-order valence-electron chi connectivity index (χ2n) is 4.73. The van der Waals surface area contributed by atoms with Gasteiger partial charge in [-0.05, 0) is 35.9 Å². The minimum absolute atomic E-state index is 0.0823. The third-order valence-corrected chi connectivity index (χ3v) is 4.20. The third-order valence-electron chi connectivity index (χ3n) is 3.10. The Balaban J connectivity index is 1.86. The fourth-order valence-corrected chi connectivity index (χ4v) is 3.05. The summed E-state index contributed by atoms with van der Waals surface area (Å²) in [6, 6.07) is 15.4. The van der Waals surface area contributed by atoms with E-state index < -0.39 is 0 Å². The number of fused-ring (bicyclic) bond motifs is 1. The second kappa shape index (κ2) is 6.54. The highest BCUT2D eigenvalue weighted by Gasteiger charge is 2.20. The molecular weight excluding hydrogens is 294 g/mol. The first-order valence-corrected chi connectivity index (χ1v) is 7.71. The topological polar surface area (TPSA) is 38.3 Å². The van der Waals surface area contributed by atoms with E-state index in [-0.39, 0.29) is 5.91 Å². The number of carbonyl (C=O) groups excluding carboxylic acids is 1. The van der Waals surface area contributed by atoms with Crippen LogP contribution in [0.15, 0.2) is 71.0 Å². The molecule has 0 fully saturated rings. The Morgan fingerprint density at radius 2 is 2.05 bits per heavy atom. The van der Waals surface area contributed by atoms with Gasteiger partial charge in [-0.1, -0.05) is 48.7 Å². The van der Waals surface area contributed by atoms with E-state index >= 15 is 0 Å². The first-order valence-electron chi connectivity index (χ1n) is 6.90. The second-order valence-corrected chi connectivity index (χ2v) is 5.82. The summed E-state index contributed by atoms with van der Waals surface area (Å²) < 4.78 is 5.51. The highest BCUT2D eigenvalue weighted by Crippen LogP contribution is 2.38. The minimum Gasteiger partial charge on any atom is -0.490 e. The molecule has 0 aliphatic carbocycles. The smallest absolute Gasteiger partial charge is 0.262 e. The summed E-state index contributed by atoms with van der Waals surface area (Å²) in [4.78, 5) is 13.9. The quantitative estimate of drug-likeness (QED) is 0.674. The fraction of sp³-hybridized carbons (Fsp3) is 0.0556. The molecule has 4 heteroatoms. The van der Waals surface area contributed by atoms with Crippen LogP contribution >= 0.6 is 11.8 Å². The maximum Gasteiger partial charge on any atom is 0.262 e. The molecule has 0 radical (unpaired) electrons. The van der Waals surface area contributed by atoms with Crippen LogP contribution in [0.4, 0.5) is 5.69 Å². The van der Waals surface area contributed by atoms with Crippen LogP contribution in [-0.4, -0.2) is 12.5 Å². The zero-order chi connectivity index (χ0) is 15.4. The molecule has 1 N–H and O–H groups in total. The lowest BCUT2D eigenvalue weighted by atomic mass is 10.2. The standard InChI is InChI=1S/C18H15NO2S/c1-2-10-21-14-7-5-6-13(11-14)12-17-18(20)19-15-8-3-4-9-16(15)22-17/h2-9,11-12H,1,10H2,(H,19,20)/b17-12-. The third kappa shape index (κ3) is 3.23. The molecular formula is C18H15NO2S. The molecule has 22 heavy (non-hydrogen) atoms. The Morgan fingerprint density at radius 1 is 1.18 bits per heavy atom. The van der Waals surface area contributed by atoms with Crippen molar-refractivity contribution in [3.63, 3.8) is 0 Å². The van der Waals surface area contributed by atoms with Crippen molar-refractivity contribution < 1.29 is 9.53 Å². The molecule has 1 heterocycles. The number of ether oxygens (including phenoxy) is 1. The molecule has 2 aromatic rings. The Kier molecular flexibility index (Phi) is 4.30. The van der Waals surface area contributed by atoms with Gasteiger partial charge in [0.2, 0.25) is 0 Å². The van der Waals surface area contributed by atoms with Gasteiger partial charge in [0.05, 0.1) is 10.6 Å². The van der Waals surface area contributed by atoms with Crippen molar-refractivity contribution in [1.82, 2.24) is 0 Å². The van der Waals surface area contributed by atoms with Crippen molar-refractivity contribution in [2.75, 3.05) is 11.9 Å². The van der Waals surface area contributed by atoms with Crippen molar-refractivity contribution in [3.05, 3.63) is 71.7 Å². The van der Waals surface area contributed by atoms with Gasteiger partial charge in [-0.25, -0.2) is 0 Å². The number of rotatable bonds is 4. The predicted molar refractivity (Wildman–Crippen MR) is 91.0 cm³/mol. The van der Waals surface area contributed by atoms with Crippen LogP contribution in [0.25, 0.3) is 6.08 Å². The Bertz CT molecular complexity index is 752. The van der Waals surface area contributed by atoms with Crippen LogP contribution in [0.1, 0.15) is 5.56 Å². The zero-order valence-electron chi connectivity index (χ0n) is 11.9. The summed E-state index contributed by atoms with van der Waals surface area (Å²) in [5.74, 6) is 0.678. The molecule has 2 aromatic carbocycles. The number of thioether (sulfide) groups is 1. The van der Waals surface area contributed by atoms with E-state index in [2.05, 4.69) is 11.9 Å². The van der Waals surface area contributed by atoms with Crippen molar-refractivity contribution in [3.8, 4) is 5.75 Å². The first-order chi connectivity index (χ1) is 10.8. The van der Waals surface area contributed by atoms with Gasteiger partial charge in [-0.2, -0.15) is 0 Å². The van der Waals surface area contributed by atoms with E-state index in [0.717, 1.165) is 21.9 Å². The van der Waals surface area contributed by atoms with Gasteiger partial charge >= 0.3 is 0 Å². The van der Waals surface area contributed by atoms with Crippen LogP contribution < -0.4 is 10.1 Å².